The van der Waals surface area contributed by atoms with Crippen LogP contribution in [0.2, 0.25) is 0 Å². The summed E-state index contributed by atoms with van der Waals surface area (Å²) in [5.41, 5.74) is 1.86. The van der Waals surface area contributed by atoms with Crippen LogP contribution in [-0.2, 0) is 18.2 Å². The Labute approximate surface area is 102 Å². The normalized spacial score (nSPS) is 17.1. The molecule has 0 saturated carbocycles. The Hall–Kier alpha value is -1.29. The smallest absolute Gasteiger partial charge is 0.354 e. The number of esters is 1. The van der Waals surface area contributed by atoms with Gasteiger partial charge in [0, 0.05) is 12.7 Å². The molecule has 0 aromatic carbocycles. The van der Waals surface area contributed by atoms with Crippen molar-refractivity contribution in [3.8, 4) is 0 Å². The molecule has 1 fully saturated rings. The lowest BCUT2D eigenvalue weighted by Crippen LogP contribution is -2.29. The zero-order chi connectivity index (χ0) is 12.3. The Morgan fingerprint density at radius 3 is 2.82 bits per heavy atom. The van der Waals surface area contributed by atoms with Crippen LogP contribution in [0.1, 0.15) is 29.0 Å². The van der Waals surface area contributed by atoms with Crippen molar-refractivity contribution in [2.75, 3.05) is 20.2 Å². The largest absolute Gasteiger partial charge is 0.464 e. The fraction of sp³-hybridized carbons (Fsp3) is 0.615. The maximum absolute atomic E-state index is 11.5. The number of carbonyl (C=O) groups excluding carboxylic acids is 1. The molecule has 0 unspecified atom stereocenters. The highest BCUT2D eigenvalue weighted by Gasteiger charge is 2.17. The minimum absolute atomic E-state index is 0.260. The molecule has 17 heavy (non-hydrogen) atoms. The summed E-state index contributed by atoms with van der Waals surface area (Å²) in [5.74, 6) is 0.472. The highest BCUT2D eigenvalue weighted by atomic mass is 16.5. The van der Waals surface area contributed by atoms with E-state index in [2.05, 4.69) is 5.32 Å². The standard InChI is InChI=1S/C13H20N2O2/c1-15-11(3-4-12(15)13(16)17-2)9-10-5-7-14-8-6-10/h3-4,10,14H,5-9H2,1-2H3. The van der Waals surface area contributed by atoms with Gasteiger partial charge in [-0.1, -0.05) is 0 Å². The molecule has 1 saturated heterocycles. The number of nitrogens with one attached hydrogen (secondary N) is 1. The fourth-order valence-electron chi connectivity index (χ4n) is 2.45. The number of hydrogen-bond donors (Lipinski definition) is 1. The second-order valence-electron chi connectivity index (χ2n) is 4.66. The lowest BCUT2D eigenvalue weighted by atomic mass is 9.93. The first-order valence-corrected chi connectivity index (χ1v) is 6.16. The molecule has 0 radical (unpaired) electrons. The van der Waals surface area contributed by atoms with Crippen molar-refractivity contribution < 1.29 is 9.53 Å². The quantitative estimate of drug-likeness (QED) is 0.806. The van der Waals surface area contributed by atoms with Crippen LogP contribution in [0, 0.1) is 5.92 Å². The van der Waals surface area contributed by atoms with Gasteiger partial charge in [-0.2, -0.15) is 0 Å². The number of rotatable bonds is 3. The third-order valence-electron chi connectivity index (χ3n) is 3.58. The second-order valence-corrected chi connectivity index (χ2v) is 4.66. The molecule has 1 N–H and O–H groups in total. The van der Waals surface area contributed by atoms with Gasteiger partial charge in [-0.3, -0.25) is 0 Å². The zero-order valence-electron chi connectivity index (χ0n) is 10.5. The van der Waals surface area contributed by atoms with Crippen LogP contribution in [0.5, 0.6) is 0 Å². The van der Waals surface area contributed by atoms with Crippen LogP contribution < -0.4 is 5.32 Å². The second kappa shape index (κ2) is 5.36. The summed E-state index contributed by atoms with van der Waals surface area (Å²) in [5, 5.41) is 3.37. The summed E-state index contributed by atoms with van der Waals surface area (Å²) >= 11 is 0. The van der Waals surface area contributed by atoms with Gasteiger partial charge in [0.1, 0.15) is 5.69 Å². The third-order valence-corrected chi connectivity index (χ3v) is 3.58. The minimum Gasteiger partial charge on any atom is -0.464 e. The van der Waals surface area contributed by atoms with Crippen molar-refractivity contribution in [2.45, 2.75) is 19.3 Å². The Balaban J connectivity index is 2.06. The van der Waals surface area contributed by atoms with Crippen LogP contribution in [-0.4, -0.2) is 30.7 Å². The van der Waals surface area contributed by atoms with Crippen molar-refractivity contribution >= 4 is 5.97 Å². The van der Waals surface area contributed by atoms with E-state index in [0.29, 0.717) is 5.69 Å². The van der Waals surface area contributed by atoms with Gasteiger partial charge < -0.3 is 14.6 Å². The Morgan fingerprint density at radius 2 is 2.18 bits per heavy atom. The van der Waals surface area contributed by atoms with Gasteiger partial charge in [0.25, 0.3) is 0 Å². The predicted octanol–water partition coefficient (Wildman–Crippen LogP) is 1.35. The number of methoxy groups -OCH3 is 1. The number of nitrogens with zero attached hydrogens (tertiary/aromatic N) is 1. The van der Waals surface area contributed by atoms with Crippen LogP contribution in [0.15, 0.2) is 12.1 Å². The number of piperidine rings is 1. The molecule has 2 rings (SSSR count). The maximum Gasteiger partial charge on any atom is 0.354 e. The first-order valence-electron chi connectivity index (χ1n) is 6.16. The van der Waals surface area contributed by atoms with E-state index in [0.717, 1.165) is 25.4 Å². The summed E-state index contributed by atoms with van der Waals surface area (Å²) in [4.78, 5) is 11.5. The van der Waals surface area contributed by atoms with Gasteiger partial charge in [0.15, 0.2) is 0 Å². The van der Waals surface area contributed by atoms with E-state index in [1.807, 2.05) is 23.7 Å². The SMILES string of the molecule is COC(=O)c1ccc(CC2CCNCC2)n1C. The van der Waals surface area contributed by atoms with Gasteiger partial charge in [-0.15, -0.1) is 0 Å². The summed E-state index contributed by atoms with van der Waals surface area (Å²) < 4.78 is 6.70. The van der Waals surface area contributed by atoms with Gasteiger partial charge in [0.2, 0.25) is 0 Å². The molecule has 1 aromatic rings. The van der Waals surface area contributed by atoms with E-state index >= 15 is 0 Å². The topological polar surface area (TPSA) is 43.3 Å². The lowest BCUT2D eigenvalue weighted by molar-refractivity contribution is 0.0589. The molecule has 0 spiro atoms. The highest BCUT2D eigenvalue weighted by Crippen LogP contribution is 2.19. The van der Waals surface area contributed by atoms with Crippen molar-refractivity contribution in [2.24, 2.45) is 13.0 Å². The van der Waals surface area contributed by atoms with Crippen molar-refractivity contribution in [1.29, 1.82) is 0 Å². The molecule has 0 amide bonds. The molecule has 4 nitrogen and oxygen atoms in total. The van der Waals surface area contributed by atoms with E-state index in [1.54, 1.807) is 0 Å². The molecule has 0 bridgehead atoms. The average molecular weight is 236 g/mol. The van der Waals surface area contributed by atoms with Crippen LogP contribution in [0.4, 0.5) is 0 Å². The summed E-state index contributed by atoms with van der Waals surface area (Å²) in [6.45, 7) is 2.22. The van der Waals surface area contributed by atoms with E-state index in [9.17, 15) is 4.79 Å². The minimum atomic E-state index is -0.260. The van der Waals surface area contributed by atoms with E-state index in [1.165, 1.54) is 25.6 Å². The van der Waals surface area contributed by atoms with Gasteiger partial charge in [0.05, 0.1) is 7.11 Å². The molecule has 1 aliphatic rings. The fourth-order valence-corrected chi connectivity index (χ4v) is 2.45. The molecular formula is C13H20N2O2. The molecule has 2 heterocycles. The first-order chi connectivity index (χ1) is 8.22. The molecule has 94 valence electrons. The van der Waals surface area contributed by atoms with Crippen LogP contribution in [0.3, 0.4) is 0 Å². The lowest BCUT2D eigenvalue weighted by Gasteiger charge is -2.22. The van der Waals surface area contributed by atoms with Crippen molar-refractivity contribution in [3.63, 3.8) is 0 Å². The number of carbonyl (C=O) groups is 1. The van der Waals surface area contributed by atoms with Crippen molar-refractivity contribution in [1.82, 2.24) is 9.88 Å². The molecule has 0 aliphatic carbocycles. The van der Waals surface area contributed by atoms with Gasteiger partial charge in [-0.05, 0) is 50.4 Å². The van der Waals surface area contributed by atoms with Crippen molar-refractivity contribution in [3.05, 3.63) is 23.5 Å². The Kier molecular flexibility index (Phi) is 3.84. The molecular weight excluding hydrogens is 216 g/mol. The van der Waals surface area contributed by atoms with Gasteiger partial charge >= 0.3 is 5.97 Å². The molecule has 0 atom stereocenters. The molecule has 4 heteroatoms. The Morgan fingerprint density at radius 1 is 1.47 bits per heavy atom. The summed E-state index contributed by atoms with van der Waals surface area (Å²) in [6.07, 6.45) is 3.49. The third kappa shape index (κ3) is 2.69. The monoisotopic (exact) mass is 236 g/mol. The van der Waals surface area contributed by atoms with Gasteiger partial charge in [-0.25, -0.2) is 4.79 Å². The number of aromatic nitrogens is 1. The highest BCUT2D eigenvalue weighted by molar-refractivity contribution is 5.87. The van der Waals surface area contributed by atoms with Crippen LogP contribution >= 0.6 is 0 Å². The number of ether oxygens (including phenoxy) is 1. The van der Waals surface area contributed by atoms with Crippen LogP contribution in [0.25, 0.3) is 0 Å². The summed E-state index contributed by atoms with van der Waals surface area (Å²) in [6, 6.07) is 3.89. The Bertz CT molecular complexity index is 392. The summed E-state index contributed by atoms with van der Waals surface area (Å²) in [7, 11) is 3.35. The molecule has 1 aromatic heterocycles. The van der Waals surface area contributed by atoms with E-state index in [-0.39, 0.29) is 5.97 Å². The molecule has 1 aliphatic heterocycles. The predicted molar refractivity (Wildman–Crippen MR) is 66.1 cm³/mol. The maximum atomic E-state index is 11.5. The van der Waals surface area contributed by atoms with E-state index < -0.39 is 0 Å². The van der Waals surface area contributed by atoms with E-state index in [4.69, 9.17) is 4.74 Å². The average Bonchev–Trinajstić information content (AvgIpc) is 2.72. The first kappa shape index (κ1) is 12.2. The zero-order valence-corrected chi connectivity index (χ0v) is 10.5. The number of hydrogen-bond acceptors (Lipinski definition) is 3.